The largest absolute Gasteiger partial charge is 0.573 e. The van der Waals surface area contributed by atoms with Gasteiger partial charge in [0.05, 0.1) is 24.2 Å². The molecule has 0 fully saturated rings. The molecule has 2 aromatic rings. The van der Waals surface area contributed by atoms with E-state index in [-0.39, 0.29) is 23.8 Å². The fourth-order valence-electron chi connectivity index (χ4n) is 1.95. The predicted molar refractivity (Wildman–Crippen MR) is 82.0 cm³/mol. The number of anilines is 1. The minimum Gasteiger partial charge on any atom is -0.406 e. The SMILES string of the molecule is COCc1nc(NNC(F)=C(F)F)cnc1-c1ccc(OC(F)(F)F)cc1. The minimum atomic E-state index is -4.81. The second-order valence-corrected chi connectivity index (χ2v) is 4.88. The Morgan fingerprint density at radius 1 is 1.11 bits per heavy atom. The molecular formula is C15H12F6N4O2. The standard InChI is InChI=1S/C15H12F6N4O2/c1-26-7-10-12(8-2-4-9(5-3-8)27-15(19,20)21)22-6-11(23-10)24-25-14(18)13(16)17/h2-6,25H,7H2,1H3,(H,23,24). The van der Waals surface area contributed by atoms with Crippen LogP contribution in [0.2, 0.25) is 0 Å². The quantitative estimate of drug-likeness (QED) is 0.418. The van der Waals surface area contributed by atoms with Gasteiger partial charge in [-0.2, -0.15) is 13.2 Å². The van der Waals surface area contributed by atoms with Crippen molar-refractivity contribution < 1.29 is 35.8 Å². The molecule has 1 heterocycles. The van der Waals surface area contributed by atoms with Gasteiger partial charge in [-0.3, -0.25) is 15.8 Å². The molecule has 0 saturated carbocycles. The van der Waals surface area contributed by atoms with E-state index in [1.54, 1.807) is 5.43 Å². The molecule has 0 atom stereocenters. The first kappa shape index (κ1) is 20.3. The average Bonchev–Trinajstić information content (AvgIpc) is 2.59. The number of alkyl halides is 3. The van der Waals surface area contributed by atoms with Crippen molar-refractivity contribution in [3.05, 3.63) is 48.2 Å². The van der Waals surface area contributed by atoms with Crippen molar-refractivity contribution in [1.29, 1.82) is 0 Å². The molecule has 0 unspecified atom stereocenters. The fraction of sp³-hybridized carbons (Fsp3) is 0.200. The number of hydrazine groups is 1. The van der Waals surface area contributed by atoms with E-state index in [1.165, 1.54) is 19.2 Å². The molecule has 12 heteroatoms. The van der Waals surface area contributed by atoms with Gasteiger partial charge in [0.2, 0.25) is 0 Å². The molecular weight excluding hydrogens is 382 g/mol. The second kappa shape index (κ2) is 8.58. The number of hydrogen-bond acceptors (Lipinski definition) is 6. The number of nitrogens with one attached hydrogen (secondary N) is 2. The molecule has 1 aromatic carbocycles. The van der Waals surface area contributed by atoms with Crippen LogP contribution in [0, 0.1) is 0 Å². The zero-order valence-electron chi connectivity index (χ0n) is 13.6. The van der Waals surface area contributed by atoms with Crippen LogP contribution in [0.5, 0.6) is 5.75 Å². The molecule has 27 heavy (non-hydrogen) atoms. The van der Waals surface area contributed by atoms with Gasteiger partial charge in [-0.05, 0) is 24.3 Å². The van der Waals surface area contributed by atoms with Crippen LogP contribution in [-0.2, 0) is 11.3 Å². The van der Waals surface area contributed by atoms with Crippen molar-refractivity contribution in [3.63, 3.8) is 0 Å². The molecule has 146 valence electrons. The molecule has 0 saturated heterocycles. The van der Waals surface area contributed by atoms with E-state index in [0.717, 1.165) is 18.3 Å². The van der Waals surface area contributed by atoms with E-state index < -0.39 is 24.1 Å². The molecule has 0 aliphatic heterocycles. The number of benzene rings is 1. The lowest BCUT2D eigenvalue weighted by molar-refractivity contribution is -0.274. The van der Waals surface area contributed by atoms with Gasteiger partial charge in [0.1, 0.15) is 5.75 Å². The van der Waals surface area contributed by atoms with Gasteiger partial charge in [0, 0.05) is 12.7 Å². The van der Waals surface area contributed by atoms with E-state index in [0.29, 0.717) is 5.56 Å². The summed E-state index contributed by atoms with van der Waals surface area (Å²) in [5, 5.41) is 0. The lowest BCUT2D eigenvalue weighted by Crippen LogP contribution is -2.20. The highest BCUT2D eigenvalue weighted by Gasteiger charge is 2.31. The predicted octanol–water partition coefficient (Wildman–Crippen LogP) is 4.14. The van der Waals surface area contributed by atoms with Gasteiger partial charge in [0.25, 0.3) is 5.95 Å². The maximum absolute atomic E-state index is 12.8. The van der Waals surface area contributed by atoms with Gasteiger partial charge in [-0.15, -0.1) is 13.2 Å². The molecule has 0 aliphatic rings. The topological polar surface area (TPSA) is 68.3 Å². The summed E-state index contributed by atoms with van der Waals surface area (Å²) in [5.41, 5.74) is 4.62. The van der Waals surface area contributed by atoms with E-state index >= 15 is 0 Å². The minimum absolute atomic E-state index is 0.0472. The Labute approximate surface area is 148 Å². The molecule has 1 aromatic heterocycles. The zero-order chi connectivity index (χ0) is 20.0. The van der Waals surface area contributed by atoms with Gasteiger partial charge in [0.15, 0.2) is 5.82 Å². The smallest absolute Gasteiger partial charge is 0.406 e. The number of aromatic nitrogens is 2. The summed E-state index contributed by atoms with van der Waals surface area (Å²) in [4.78, 5) is 8.11. The average molecular weight is 394 g/mol. The van der Waals surface area contributed by atoms with Gasteiger partial charge in [-0.1, -0.05) is 0 Å². The van der Waals surface area contributed by atoms with E-state index in [2.05, 4.69) is 20.1 Å². The molecule has 0 bridgehead atoms. The van der Waals surface area contributed by atoms with Crippen molar-refractivity contribution in [3.8, 4) is 17.0 Å². The van der Waals surface area contributed by atoms with E-state index in [1.807, 2.05) is 0 Å². The van der Waals surface area contributed by atoms with Gasteiger partial charge in [-0.25, -0.2) is 4.98 Å². The molecule has 0 spiro atoms. The Morgan fingerprint density at radius 2 is 1.78 bits per heavy atom. The van der Waals surface area contributed by atoms with Crippen molar-refractivity contribution in [1.82, 2.24) is 15.4 Å². The van der Waals surface area contributed by atoms with E-state index in [9.17, 15) is 26.3 Å². The number of ether oxygens (including phenoxy) is 2. The van der Waals surface area contributed by atoms with E-state index in [4.69, 9.17) is 4.74 Å². The number of hydrogen-bond donors (Lipinski definition) is 2. The van der Waals surface area contributed by atoms with Crippen molar-refractivity contribution >= 4 is 5.82 Å². The molecule has 2 rings (SSSR count). The Bertz CT molecular complexity index is 807. The summed E-state index contributed by atoms with van der Waals surface area (Å²) in [6, 6.07) is 4.85. The van der Waals surface area contributed by atoms with Crippen LogP contribution in [0.4, 0.5) is 32.2 Å². The van der Waals surface area contributed by atoms with Crippen LogP contribution in [0.1, 0.15) is 5.69 Å². The number of rotatable bonds is 7. The summed E-state index contributed by atoms with van der Waals surface area (Å²) in [6.07, 6.45) is -6.25. The molecule has 0 amide bonds. The lowest BCUT2D eigenvalue weighted by atomic mass is 10.1. The Morgan fingerprint density at radius 3 is 2.33 bits per heavy atom. The van der Waals surface area contributed by atoms with Crippen LogP contribution in [0.3, 0.4) is 0 Å². The zero-order valence-corrected chi connectivity index (χ0v) is 13.6. The van der Waals surface area contributed by atoms with Gasteiger partial charge >= 0.3 is 12.4 Å². The van der Waals surface area contributed by atoms with Crippen LogP contribution in [0.15, 0.2) is 42.5 Å². The van der Waals surface area contributed by atoms with Crippen molar-refractivity contribution in [2.45, 2.75) is 13.0 Å². The maximum Gasteiger partial charge on any atom is 0.573 e. The normalized spacial score (nSPS) is 11.1. The molecule has 0 radical (unpaired) electrons. The number of nitrogens with zero attached hydrogens (tertiary/aromatic N) is 2. The van der Waals surface area contributed by atoms with Crippen LogP contribution in [0.25, 0.3) is 11.3 Å². The second-order valence-electron chi connectivity index (χ2n) is 4.88. The van der Waals surface area contributed by atoms with Crippen molar-refractivity contribution in [2.75, 3.05) is 12.5 Å². The molecule has 0 aliphatic carbocycles. The Balaban J connectivity index is 2.24. The summed E-state index contributed by atoms with van der Waals surface area (Å²) < 4.78 is 82.1. The Hall–Kier alpha value is -3.02. The van der Waals surface area contributed by atoms with Crippen LogP contribution < -0.4 is 15.6 Å². The summed E-state index contributed by atoms with van der Waals surface area (Å²) in [5.74, 6) is -2.38. The maximum atomic E-state index is 12.8. The lowest BCUT2D eigenvalue weighted by Gasteiger charge is -2.12. The monoisotopic (exact) mass is 394 g/mol. The first-order valence-electron chi connectivity index (χ1n) is 7.13. The molecule has 6 nitrogen and oxygen atoms in total. The first-order chi connectivity index (χ1) is 12.7. The molecule has 2 N–H and O–H groups in total. The van der Waals surface area contributed by atoms with Crippen LogP contribution in [-0.4, -0.2) is 23.4 Å². The van der Waals surface area contributed by atoms with Crippen LogP contribution >= 0.6 is 0 Å². The Kier molecular flexibility index (Phi) is 6.45. The third-order valence-electron chi connectivity index (χ3n) is 2.95. The summed E-state index contributed by atoms with van der Waals surface area (Å²) in [7, 11) is 1.37. The highest BCUT2D eigenvalue weighted by Crippen LogP contribution is 2.27. The highest BCUT2D eigenvalue weighted by molar-refractivity contribution is 5.63. The number of methoxy groups -OCH3 is 1. The highest BCUT2D eigenvalue weighted by atomic mass is 19.4. The number of halogens is 6. The fourth-order valence-corrected chi connectivity index (χ4v) is 1.95. The summed E-state index contributed by atoms with van der Waals surface area (Å²) in [6.45, 7) is -0.0472. The van der Waals surface area contributed by atoms with Crippen molar-refractivity contribution in [2.24, 2.45) is 0 Å². The summed E-state index contributed by atoms with van der Waals surface area (Å²) >= 11 is 0. The third-order valence-corrected chi connectivity index (χ3v) is 2.95. The first-order valence-corrected chi connectivity index (χ1v) is 7.13. The van der Waals surface area contributed by atoms with Gasteiger partial charge < -0.3 is 9.47 Å². The third kappa shape index (κ3) is 6.02.